The highest BCUT2D eigenvalue weighted by molar-refractivity contribution is 5.72. The van der Waals surface area contributed by atoms with Crippen LogP contribution < -0.4 is 9.80 Å². The van der Waals surface area contributed by atoms with Gasteiger partial charge in [-0.2, -0.15) is 0 Å². The molecule has 2 aliphatic heterocycles. The van der Waals surface area contributed by atoms with Crippen LogP contribution in [0.2, 0.25) is 0 Å². The van der Waals surface area contributed by atoms with E-state index in [2.05, 4.69) is 23.6 Å². The summed E-state index contributed by atoms with van der Waals surface area (Å²) in [5, 5.41) is 11.7. The molecule has 0 N–H and O–H groups in total. The molecular formula is C24H38N4O4. The number of anilines is 2. The summed E-state index contributed by atoms with van der Waals surface area (Å²) in [5.41, 5.74) is 1.54. The van der Waals surface area contributed by atoms with E-state index in [-0.39, 0.29) is 34.2 Å². The number of nitro benzene ring substituents is 1. The number of benzene rings is 1. The minimum absolute atomic E-state index is 0.0389. The summed E-state index contributed by atoms with van der Waals surface area (Å²) in [6.45, 7) is 17.1. The van der Waals surface area contributed by atoms with Crippen molar-refractivity contribution in [1.29, 1.82) is 0 Å². The molecular weight excluding hydrogens is 408 g/mol. The largest absolute Gasteiger partial charge is 0.444 e. The molecule has 32 heavy (non-hydrogen) atoms. The van der Waals surface area contributed by atoms with Gasteiger partial charge in [-0.05, 0) is 65.0 Å². The maximum Gasteiger partial charge on any atom is 0.410 e. The number of carbonyl (C=O) groups excluding carboxylic acids is 1. The highest BCUT2D eigenvalue weighted by Crippen LogP contribution is 2.38. The summed E-state index contributed by atoms with van der Waals surface area (Å²) in [6.07, 6.45) is 1.73. The molecule has 0 aliphatic carbocycles. The Balaban J connectivity index is 1.81. The van der Waals surface area contributed by atoms with Crippen molar-refractivity contribution in [2.45, 2.75) is 79.0 Å². The SMILES string of the molecule is CC1CN(c2ccc([N+](=O)[O-])c(N3CCC(C)(C)CC3)c2)CC(C)N1C(=O)OC(C)(C)C. The van der Waals surface area contributed by atoms with Crippen LogP contribution in [0.25, 0.3) is 0 Å². The fourth-order valence-corrected chi connectivity index (χ4v) is 4.68. The van der Waals surface area contributed by atoms with Crippen LogP contribution in [0.15, 0.2) is 18.2 Å². The molecule has 2 unspecified atom stereocenters. The zero-order chi connectivity index (χ0) is 23.8. The maximum atomic E-state index is 12.7. The van der Waals surface area contributed by atoms with Crippen LogP contribution in [0.5, 0.6) is 0 Å². The Bertz CT molecular complexity index is 842. The van der Waals surface area contributed by atoms with E-state index in [0.717, 1.165) is 31.6 Å². The van der Waals surface area contributed by atoms with Crippen molar-refractivity contribution in [3.63, 3.8) is 0 Å². The zero-order valence-corrected chi connectivity index (χ0v) is 20.6. The number of nitrogens with zero attached hydrogens (tertiary/aromatic N) is 4. The minimum atomic E-state index is -0.538. The van der Waals surface area contributed by atoms with Gasteiger partial charge < -0.3 is 14.5 Å². The van der Waals surface area contributed by atoms with Crippen molar-refractivity contribution in [3.05, 3.63) is 28.3 Å². The second kappa shape index (κ2) is 8.79. The molecule has 2 heterocycles. The molecule has 8 nitrogen and oxygen atoms in total. The highest BCUT2D eigenvalue weighted by atomic mass is 16.6. The Morgan fingerprint density at radius 2 is 1.66 bits per heavy atom. The van der Waals surface area contributed by atoms with Gasteiger partial charge in [-0.3, -0.25) is 15.0 Å². The second-order valence-electron chi connectivity index (χ2n) is 11.1. The highest BCUT2D eigenvalue weighted by Gasteiger charge is 2.36. The van der Waals surface area contributed by atoms with E-state index in [0.29, 0.717) is 18.8 Å². The molecule has 0 bridgehead atoms. The van der Waals surface area contributed by atoms with Gasteiger partial charge in [0.25, 0.3) is 5.69 Å². The van der Waals surface area contributed by atoms with Crippen molar-refractivity contribution < 1.29 is 14.5 Å². The predicted molar refractivity (Wildman–Crippen MR) is 128 cm³/mol. The molecule has 1 aromatic carbocycles. The van der Waals surface area contributed by atoms with Gasteiger partial charge in [0, 0.05) is 37.9 Å². The lowest BCUT2D eigenvalue weighted by Crippen LogP contribution is -2.59. The Hall–Kier alpha value is -2.51. The fraction of sp³-hybridized carbons (Fsp3) is 0.708. The number of amides is 1. The monoisotopic (exact) mass is 446 g/mol. The zero-order valence-electron chi connectivity index (χ0n) is 20.6. The van der Waals surface area contributed by atoms with Gasteiger partial charge in [-0.25, -0.2) is 4.79 Å². The van der Waals surface area contributed by atoms with Crippen LogP contribution >= 0.6 is 0 Å². The van der Waals surface area contributed by atoms with Crippen molar-refractivity contribution in [1.82, 2.24) is 4.90 Å². The van der Waals surface area contributed by atoms with Gasteiger partial charge in [0.1, 0.15) is 11.3 Å². The first-order valence-electron chi connectivity index (χ1n) is 11.6. The summed E-state index contributed by atoms with van der Waals surface area (Å²) >= 11 is 0. The van der Waals surface area contributed by atoms with Crippen LogP contribution in [0.4, 0.5) is 21.9 Å². The molecule has 3 rings (SSSR count). The topological polar surface area (TPSA) is 79.2 Å². The molecule has 2 saturated heterocycles. The Labute approximate surface area is 191 Å². The first-order chi connectivity index (χ1) is 14.8. The van der Waals surface area contributed by atoms with Gasteiger partial charge in [-0.1, -0.05) is 13.8 Å². The van der Waals surface area contributed by atoms with E-state index in [4.69, 9.17) is 4.74 Å². The molecule has 2 aliphatic rings. The summed E-state index contributed by atoms with van der Waals surface area (Å²) in [5.74, 6) is 0. The number of hydrogen-bond acceptors (Lipinski definition) is 6. The summed E-state index contributed by atoms with van der Waals surface area (Å²) in [4.78, 5) is 30.3. The molecule has 1 aromatic rings. The molecule has 1 amide bonds. The van der Waals surface area contributed by atoms with Crippen LogP contribution in [0, 0.1) is 15.5 Å². The standard InChI is InChI=1S/C24H38N4O4/c1-17-15-26(16-18(2)27(17)22(29)32-23(3,4)5)19-8-9-20(28(30)31)21(14-19)25-12-10-24(6,7)11-13-25/h8-9,14,17-18H,10-13,15-16H2,1-7H3. The lowest BCUT2D eigenvalue weighted by molar-refractivity contribution is -0.384. The van der Waals surface area contributed by atoms with E-state index >= 15 is 0 Å². The Morgan fingerprint density at radius 3 is 2.16 bits per heavy atom. The van der Waals surface area contributed by atoms with E-state index in [1.54, 1.807) is 11.0 Å². The number of ether oxygens (including phenoxy) is 1. The van der Waals surface area contributed by atoms with Gasteiger partial charge in [0.05, 0.1) is 17.0 Å². The van der Waals surface area contributed by atoms with E-state index in [1.165, 1.54) is 0 Å². The maximum absolute atomic E-state index is 12.7. The molecule has 2 fully saturated rings. The molecule has 0 saturated carbocycles. The first kappa shape index (κ1) is 24.1. The van der Waals surface area contributed by atoms with Gasteiger partial charge >= 0.3 is 6.09 Å². The average molecular weight is 447 g/mol. The van der Waals surface area contributed by atoms with E-state index in [1.807, 2.05) is 46.8 Å². The lowest BCUT2D eigenvalue weighted by atomic mass is 9.82. The van der Waals surface area contributed by atoms with Crippen LogP contribution in [-0.2, 0) is 4.74 Å². The smallest absolute Gasteiger partial charge is 0.410 e. The number of piperazine rings is 1. The molecule has 0 aromatic heterocycles. The normalized spacial score (nSPS) is 23.8. The number of hydrogen-bond donors (Lipinski definition) is 0. The van der Waals surface area contributed by atoms with Gasteiger partial charge in [0.15, 0.2) is 0 Å². The summed E-state index contributed by atoms with van der Waals surface area (Å²) < 4.78 is 5.60. The third kappa shape index (κ3) is 5.45. The van der Waals surface area contributed by atoms with Crippen molar-refractivity contribution >= 4 is 23.2 Å². The minimum Gasteiger partial charge on any atom is -0.444 e. The first-order valence-corrected chi connectivity index (χ1v) is 11.6. The second-order valence-corrected chi connectivity index (χ2v) is 11.1. The van der Waals surface area contributed by atoms with Crippen LogP contribution in [-0.4, -0.2) is 59.8 Å². The van der Waals surface area contributed by atoms with Gasteiger partial charge in [-0.15, -0.1) is 0 Å². The Kier molecular flexibility index (Phi) is 6.63. The number of nitro groups is 1. The third-order valence-electron chi connectivity index (χ3n) is 6.50. The molecule has 0 radical (unpaired) electrons. The van der Waals surface area contributed by atoms with E-state index < -0.39 is 5.60 Å². The molecule has 2 atom stereocenters. The molecule has 8 heteroatoms. The Morgan fingerprint density at radius 1 is 1.09 bits per heavy atom. The number of piperidine rings is 1. The van der Waals surface area contributed by atoms with Crippen LogP contribution in [0.3, 0.4) is 0 Å². The molecule has 178 valence electrons. The fourth-order valence-electron chi connectivity index (χ4n) is 4.68. The third-order valence-corrected chi connectivity index (χ3v) is 6.50. The van der Waals surface area contributed by atoms with Crippen molar-refractivity contribution in [2.75, 3.05) is 36.0 Å². The predicted octanol–water partition coefficient (Wildman–Crippen LogP) is 5.06. The summed E-state index contributed by atoms with van der Waals surface area (Å²) in [7, 11) is 0. The van der Waals surface area contributed by atoms with Crippen molar-refractivity contribution in [3.8, 4) is 0 Å². The van der Waals surface area contributed by atoms with Gasteiger partial charge in [0.2, 0.25) is 0 Å². The average Bonchev–Trinajstić information content (AvgIpc) is 2.65. The van der Waals surface area contributed by atoms with Crippen LogP contribution in [0.1, 0.15) is 61.3 Å². The number of rotatable bonds is 3. The van der Waals surface area contributed by atoms with E-state index in [9.17, 15) is 14.9 Å². The van der Waals surface area contributed by atoms with Crippen molar-refractivity contribution in [2.24, 2.45) is 5.41 Å². The summed E-state index contributed by atoms with van der Waals surface area (Å²) in [6, 6.07) is 5.34. The molecule has 0 spiro atoms. The lowest BCUT2D eigenvalue weighted by Gasteiger charge is -2.45. The number of carbonyl (C=O) groups is 1. The quantitative estimate of drug-likeness (QED) is 0.477.